The van der Waals surface area contributed by atoms with E-state index in [-0.39, 0.29) is 6.67 Å². The van der Waals surface area contributed by atoms with Crippen molar-refractivity contribution >= 4 is 11.8 Å². The first-order valence-corrected chi connectivity index (χ1v) is 9.86. The topological polar surface area (TPSA) is 94.9 Å². The Kier molecular flexibility index (Phi) is 5.60. The molecule has 2 aliphatic heterocycles. The lowest BCUT2D eigenvalue weighted by Gasteiger charge is -2.41. The van der Waals surface area contributed by atoms with Gasteiger partial charge in [-0.25, -0.2) is 17.6 Å². The normalized spacial score (nSPS) is 19.4. The summed E-state index contributed by atoms with van der Waals surface area (Å²) in [7, 11) is 0. The average molecular weight is 466 g/mol. The van der Waals surface area contributed by atoms with E-state index < -0.39 is 82.6 Å². The Bertz CT molecular complexity index is 1220. The average Bonchev–Trinajstić information content (AvgIpc) is 2.90. The number of halogens is 4. The highest BCUT2D eigenvalue weighted by Crippen LogP contribution is 2.26. The highest BCUT2D eigenvalue weighted by atomic mass is 19.1. The van der Waals surface area contributed by atoms with Crippen LogP contribution >= 0.6 is 0 Å². The van der Waals surface area contributed by atoms with Gasteiger partial charge in [0.2, 0.25) is 5.43 Å². The van der Waals surface area contributed by atoms with Gasteiger partial charge in [-0.15, -0.1) is 0 Å². The first kappa shape index (κ1) is 22.4. The molecule has 0 saturated carbocycles. The van der Waals surface area contributed by atoms with E-state index in [2.05, 4.69) is 5.32 Å². The fraction of sp³-hybridized carbons (Fsp3) is 0.286. The predicted octanol–water partition coefficient (Wildman–Crippen LogP) is 1.55. The number of nitrogens with zero attached hydrogens (tertiary/aromatic N) is 3. The zero-order valence-electron chi connectivity index (χ0n) is 17.2. The van der Waals surface area contributed by atoms with Crippen molar-refractivity contribution in [3.63, 3.8) is 0 Å². The molecule has 0 fully saturated rings. The molecule has 0 spiro atoms. The third-order valence-corrected chi connectivity index (χ3v) is 5.62. The number of benzene rings is 1. The van der Waals surface area contributed by atoms with E-state index in [0.717, 1.165) is 15.8 Å². The maximum absolute atomic E-state index is 13.8. The third-order valence-electron chi connectivity index (χ3n) is 5.62. The lowest BCUT2D eigenvalue weighted by atomic mass is 10.1. The van der Waals surface area contributed by atoms with E-state index in [1.807, 2.05) is 0 Å². The van der Waals surface area contributed by atoms with Gasteiger partial charge in [-0.1, -0.05) is 12.2 Å². The Morgan fingerprint density at radius 1 is 1.18 bits per heavy atom. The van der Waals surface area contributed by atoms with E-state index in [9.17, 15) is 37.1 Å². The van der Waals surface area contributed by atoms with Crippen LogP contribution in [0.4, 0.5) is 17.6 Å². The van der Waals surface area contributed by atoms with Crippen LogP contribution in [0.3, 0.4) is 0 Å². The first-order chi connectivity index (χ1) is 15.6. The van der Waals surface area contributed by atoms with E-state index >= 15 is 0 Å². The standard InChI is InChI=1S/C21H18F4N4O4/c1-10-2-3-12(6-22)27-9-29(10)28-8-14(18(30)19(31)17(28)21(27)33)20(32)26-7-13-15(24)4-11(23)5-16(13)25/h2-5,8,10,12,31H,6-7,9H2,1H3,(H,26,32)/t10-,12-/m1/s1. The van der Waals surface area contributed by atoms with Crippen LogP contribution in [0.1, 0.15) is 33.3 Å². The number of aromatic nitrogens is 1. The molecular weight excluding hydrogens is 448 g/mol. The smallest absolute Gasteiger partial charge is 0.278 e. The summed E-state index contributed by atoms with van der Waals surface area (Å²) < 4.78 is 55.3. The quantitative estimate of drug-likeness (QED) is 0.527. The van der Waals surface area contributed by atoms with Crippen LogP contribution in [0.25, 0.3) is 0 Å². The summed E-state index contributed by atoms with van der Waals surface area (Å²) in [4.78, 5) is 39.3. The van der Waals surface area contributed by atoms with Gasteiger partial charge in [0.25, 0.3) is 11.8 Å². The second-order valence-corrected chi connectivity index (χ2v) is 7.65. The van der Waals surface area contributed by atoms with Crippen LogP contribution in [0.15, 0.2) is 35.3 Å². The minimum Gasteiger partial charge on any atom is -0.502 e. The maximum atomic E-state index is 13.8. The monoisotopic (exact) mass is 466 g/mol. The van der Waals surface area contributed by atoms with Gasteiger partial charge in [-0.3, -0.25) is 24.1 Å². The largest absolute Gasteiger partial charge is 0.502 e. The van der Waals surface area contributed by atoms with Crippen LogP contribution in [-0.2, 0) is 6.54 Å². The van der Waals surface area contributed by atoms with Gasteiger partial charge in [-0.2, -0.15) is 0 Å². The van der Waals surface area contributed by atoms with Crippen LogP contribution in [0.5, 0.6) is 5.75 Å². The Morgan fingerprint density at radius 2 is 1.85 bits per heavy atom. The lowest BCUT2D eigenvalue weighted by molar-refractivity contribution is 0.0617. The molecule has 0 radical (unpaired) electrons. The Hall–Kier alpha value is -3.83. The lowest BCUT2D eigenvalue weighted by Crippen LogP contribution is -2.58. The summed E-state index contributed by atoms with van der Waals surface area (Å²) in [5, 5.41) is 14.2. The number of pyridine rings is 1. The van der Waals surface area contributed by atoms with Crippen LogP contribution < -0.4 is 15.8 Å². The van der Waals surface area contributed by atoms with Crippen molar-refractivity contribution in [3.05, 3.63) is 75.0 Å². The summed E-state index contributed by atoms with van der Waals surface area (Å²) in [5.41, 5.74) is -2.85. The van der Waals surface area contributed by atoms with Crippen LogP contribution in [0.2, 0.25) is 0 Å². The zero-order valence-corrected chi connectivity index (χ0v) is 17.2. The number of carbonyl (C=O) groups excluding carboxylic acids is 2. The Morgan fingerprint density at radius 3 is 2.48 bits per heavy atom. The molecule has 33 heavy (non-hydrogen) atoms. The number of aromatic hydroxyl groups is 1. The van der Waals surface area contributed by atoms with Crippen molar-refractivity contribution in [2.45, 2.75) is 25.6 Å². The highest BCUT2D eigenvalue weighted by molar-refractivity contribution is 5.99. The molecule has 12 heteroatoms. The van der Waals surface area contributed by atoms with Gasteiger partial charge in [0.05, 0.1) is 12.1 Å². The van der Waals surface area contributed by atoms with E-state index in [1.165, 1.54) is 11.1 Å². The molecule has 0 saturated heterocycles. The Balaban J connectivity index is 1.71. The van der Waals surface area contributed by atoms with E-state index in [4.69, 9.17) is 0 Å². The van der Waals surface area contributed by atoms with Gasteiger partial charge < -0.3 is 15.3 Å². The zero-order chi connectivity index (χ0) is 24.0. The number of amides is 2. The van der Waals surface area contributed by atoms with Gasteiger partial charge in [0.1, 0.15) is 36.4 Å². The van der Waals surface area contributed by atoms with Gasteiger partial charge in [-0.05, 0) is 6.92 Å². The van der Waals surface area contributed by atoms with Gasteiger partial charge in [0, 0.05) is 30.4 Å². The molecule has 2 N–H and O–H groups in total. The number of nitrogens with one attached hydrogen (secondary N) is 1. The summed E-state index contributed by atoms with van der Waals surface area (Å²) in [6, 6.07) is -0.409. The molecule has 0 aliphatic carbocycles. The van der Waals surface area contributed by atoms with Crippen molar-refractivity contribution in [2.24, 2.45) is 0 Å². The molecule has 8 nitrogen and oxygen atoms in total. The fourth-order valence-electron chi connectivity index (χ4n) is 3.79. The number of hydrogen-bond donors (Lipinski definition) is 2. The fourth-order valence-corrected chi connectivity index (χ4v) is 3.79. The summed E-state index contributed by atoms with van der Waals surface area (Å²) in [6.45, 7) is 0.0745. The minimum atomic E-state index is -1.23. The van der Waals surface area contributed by atoms with E-state index in [1.54, 1.807) is 13.0 Å². The van der Waals surface area contributed by atoms with Crippen molar-refractivity contribution in [1.82, 2.24) is 14.9 Å². The molecule has 2 bridgehead atoms. The van der Waals surface area contributed by atoms with Crippen LogP contribution in [-0.4, -0.2) is 51.9 Å². The van der Waals surface area contributed by atoms with Crippen molar-refractivity contribution in [1.29, 1.82) is 0 Å². The molecule has 2 amide bonds. The SMILES string of the molecule is C[C@@H]1C=C[C@H](CF)N2CN1n1cc(C(=O)NCc3c(F)cc(F)cc3F)c(=O)c(O)c1C2=O. The molecule has 4 rings (SSSR count). The third kappa shape index (κ3) is 3.70. The van der Waals surface area contributed by atoms with E-state index in [0.29, 0.717) is 12.1 Å². The number of carbonyl (C=O) groups is 2. The first-order valence-electron chi connectivity index (χ1n) is 9.86. The van der Waals surface area contributed by atoms with Crippen molar-refractivity contribution in [2.75, 3.05) is 18.4 Å². The second-order valence-electron chi connectivity index (χ2n) is 7.65. The predicted molar refractivity (Wildman–Crippen MR) is 107 cm³/mol. The second kappa shape index (κ2) is 8.26. The molecule has 2 aromatic rings. The minimum absolute atomic E-state index is 0.0794. The molecule has 1 aromatic heterocycles. The van der Waals surface area contributed by atoms with Crippen molar-refractivity contribution < 1.29 is 32.3 Å². The molecule has 2 aliphatic rings. The molecule has 2 atom stereocenters. The van der Waals surface area contributed by atoms with Gasteiger partial charge in [0.15, 0.2) is 11.4 Å². The molecule has 174 valence electrons. The summed E-state index contributed by atoms with van der Waals surface area (Å²) in [5.74, 6) is -6.49. The number of hydrogen-bond acceptors (Lipinski definition) is 5. The molecule has 0 unspecified atom stereocenters. The summed E-state index contributed by atoms with van der Waals surface area (Å²) in [6.07, 6.45) is 4.17. The summed E-state index contributed by atoms with van der Waals surface area (Å²) >= 11 is 0. The number of fused-ring (bicyclic) bond motifs is 4. The number of rotatable bonds is 4. The molecule has 1 aromatic carbocycles. The maximum Gasteiger partial charge on any atom is 0.278 e. The molecular formula is C21H18F4N4O4. The van der Waals surface area contributed by atoms with Gasteiger partial charge >= 0.3 is 0 Å². The highest BCUT2D eigenvalue weighted by Gasteiger charge is 2.39. The number of alkyl halides is 1. The van der Waals surface area contributed by atoms with Crippen molar-refractivity contribution in [3.8, 4) is 5.75 Å². The Labute approximate surface area is 184 Å². The molecule has 3 heterocycles. The van der Waals surface area contributed by atoms with Crippen LogP contribution in [0, 0.1) is 17.5 Å².